The lowest BCUT2D eigenvalue weighted by Gasteiger charge is -2.14. The van der Waals surface area contributed by atoms with Crippen LogP contribution in [0.15, 0.2) is 18.5 Å². The van der Waals surface area contributed by atoms with Crippen LogP contribution in [0.4, 0.5) is 13.2 Å². The van der Waals surface area contributed by atoms with Gasteiger partial charge in [0.2, 0.25) is 5.88 Å². The van der Waals surface area contributed by atoms with E-state index in [-0.39, 0.29) is 5.88 Å². The van der Waals surface area contributed by atoms with Gasteiger partial charge in [-0.1, -0.05) is 0 Å². The van der Waals surface area contributed by atoms with E-state index in [1.54, 1.807) is 6.92 Å². The highest BCUT2D eigenvalue weighted by molar-refractivity contribution is 5.42. The number of pyridine rings is 1. The SMILES string of the molecule is CCOc1nc(-n2nccn2)c(C(F)(F)F)cc1C. The molecule has 0 radical (unpaired) electrons. The molecule has 0 atom stereocenters. The number of aromatic nitrogens is 4. The molecule has 0 amide bonds. The summed E-state index contributed by atoms with van der Waals surface area (Å²) < 4.78 is 44.2. The van der Waals surface area contributed by atoms with E-state index < -0.39 is 17.6 Å². The van der Waals surface area contributed by atoms with E-state index in [0.29, 0.717) is 12.2 Å². The summed E-state index contributed by atoms with van der Waals surface area (Å²) in [6.45, 7) is 3.54. The van der Waals surface area contributed by atoms with Crippen LogP contribution in [0.2, 0.25) is 0 Å². The van der Waals surface area contributed by atoms with Crippen LogP contribution in [0.3, 0.4) is 0 Å². The van der Waals surface area contributed by atoms with Crippen molar-refractivity contribution in [3.63, 3.8) is 0 Å². The van der Waals surface area contributed by atoms with Crippen molar-refractivity contribution in [2.75, 3.05) is 6.61 Å². The summed E-state index contributed by atoms with van der Waals surface area (Å²) in [6, 6.07) is 0.983. The first kappa shape index (κ1) is 13.3. The maximum Gasteiger partial charge on any atom is 0.420 e. The van der Waals surface area contributed by atoms with Gasteiger partial charge in [-0.2, -0.15) is 28.4 Å². The van der Waals surface area contributed by atoms with Gasteiger partial charge in [-0.3, -0.25) is 0 Å². The first-order chi connectivity index (χ1) is 8.93. The molecule has 0 aliphatic carbocycles. The van der Waals surface area contributed by atoms with Crippen LogP contribution in [0.5, 0.6) is 5.88 Å². The number of nitrogens with zero attached hydrogens (tertiary/aromatic N) is 4. The number of hydrogen-bond donors (Lipinski definition) is 0. The molecule has 0 fully saturated rings. The number of halogens is 3. The Labute approximate surface area is 107 Å². The van der Waals surface area contributed by atoms with Gasteiger partial charge in [0.1, 0.15) is 5.56 Å². The van der Waals surface area contributed by atoms with Gasteiger partial charge >= 0.3 is 6.18 Å². The molecule has 2 aromatic rings. The Morgan fingerprint density at radius 2 is 1.89 bits per heavy atom. The highest BCUT2D eigenvalue weighted by atomic mass is 19.4. The average Bonchev–Trinajstić information content (AvgIpc) is 2.83. The van der Waals surface area contributed by atoms with Crippen molar-refractivity contribution in [1.29, 1.82) is 0 Å². The molecule has 0 bridgehead atoms. The molecule has 0 N–H and O–H groups in total. The Hall–Kier alpha value is -2.12. The minimum absolute atomic E-state index is 0.141. The van der Waals surface area contributed by atoms with Crippen LogP contribution in [0, 0.1) is 6.92 Å². The largest absolute Gasteiger partial charge is 0.478 e. The zero-order chi connectivity index (χ0) is 14.0. The molecular weight excluding hydrogens is 261 g/mol. The molecule has 8 heteroatoms. The fraction of sp³-hybridized carbons (Fsp3) is 0.364. The summed E-state index contributed by atoms with van der Waals surface area (Å²) in [6.07, 6.45) is -1.98. The molecule has 0 unspecified atom stereocenters. The fourth-order valence-electron chi connectivity index (χ4n) is 1.56. The summed E-state index contributed by atoms with van der Waals surface area (Å²) in [4.78, 5) is 4.69. The molecule has 2 rings (SSSR count). The third kappa shape index (κ3) is 2.67. The molecule has 0 aliphatic heterocycles. The molecule has 19 heavy (non-hydrogen) atoms. The molecule has 102 valence electrons. The highest BCUT2D eigenvalue weighted by Gasteiger charge is 2.36. The summed E-state index contributed by atoms with van der Waals surface area (Å²) >= 11 is 0. The standard InChI is InChI=1S/C11H11F3N4O/c1-3-19-10-7(2)6-8(11(12,13)14)9(17-10)18-15-4-5-16-18/h4-6H,3H2,1-2H3. The molecule has 2 aromatic heterocycles. The average molecular weight is 272 g/mol. The maximum absolute atomic E-state index is 13.0. The van der Waals surface area contributed by atoms with E-state index >= 15 is 0 Å². The van der Waals surface area contributed by atoms with Crippen LogP contribution in [-0.2, 0) is 6.18 Å². The minimum atomic E-state index is -4.54. The summed E-state index contributed by atoms with van der Waals surface area (Å²) in [5.41, 5.74) is -0.588. The van der Waals surface area contributed by atoms with Crippen molar-refractivity contribution in [2.45, 2.75) is 20.0 Å². The van der Waals surface area contributed by atoms with Crippen molar-refractivity contribution < 1.29 is 17.9 Å². The van der Waals surface area contributed by atoms with Crippen molar-refractivity contribution in [1.82, 2.24) is 20.0 Å². The molecule has 0 saturated heterocycles. The quantitative estimate of drug-likeness (QED) is 0.860. The van der Waals surface area contributed by atoms with E-state index in [0.717, 1.165) is 10.9 Å². The second-order valence-electron chi connectivity index (χ2n) is 3.73. The highest BCUT2D eigenvalue weighted by Crippen LogP contribution is 2.35. The second-order valence-corrected chi connectivity index (χ2v) is 3.73. The number of alkyl halides is 3. The van der Waals surface area contributed by atoms with Gasteiger partial charge in [0.05, 0.1) is 19.0 Å². The summed E-state index contributed by atoms with van der Waals surface area (Å²) in [7, 11) is 0. The monoisotopic (exact) mass is 272 g/mol. The molecule has 0 aromatic carbocycles. The van der Waals surface area contributed by atoms with Crippen LogP contribution in [0.1, 0.15) is 18.1 Å². The van der Waals surface area contributed by atoms with Crippen LogP contribution >= 0.6 is 0 Å². The van der Waals surface area contributed by atoms with Crippen molar-refractivity contribution in [3.05, 3.63) is 29.6 Å². The smallest absolute Gasteiger partial charge is 0.420 e. The Kier molecular flexibility index (Phi) is 3.41. The zero-order valence-corrected chi connectivity index (χ0v) is 10.3. The Bertz CT molecular complexity index is 566. The van der Waals surface area contributed by atoms with Crippen LogP contribution < -0.4 is 4.74 Å². The predicted molar refractivity (Wildman–Crippen MR) is 60.1 cm³/mol. The predicted octanol–water partition coefficient (Wildman–Crippen LogP) is 2.39. The number of hydrogen-bond acceptors (Lipinski definition) is 4. The molecule has 0 saturated carbocycles. The summed E-state index contributed by atoms with van der Waals surface area (Å²) in [5.74, 6) is -0.255. The third-order valence-electron chi connectivity index (χ3n) is 2.34. The van der Waals surface area contributed by atoms with E-state index in [4.69, 9.17) is 4.74 Å². The molecule has 2 heterocycles. The van der Waals surface area contributed by atoms with Crippen molar-refractivity contribution in [3.8, 4) is 11.7 Å². The van der Waals surface area contributed by atoms with Crippen molar-refractivity contribution in [2.24, 2.45) is 0 Å². The first-order valence-corrected chi connectivity index (χ1v) is 5.51. The van der Waals surface area contributed by atoms with E-state index in [9.17, 15) is 13.2 Å². The number of aryl methyl sites for hydroxylation is 1. The topological polar surface area (TPSA) is 52.8 Å². The molecular formula is C11H11F3N4O. The fourth-order valence-corrected chi connectivity index (χ4v) is 1.56. The first-order valence-electron chi connectivity index (χ1n) is 5.51. The molecule has 0 spiro atoms. The van der Waals surface area contributed by atoms with Gasteiger partial charge in [-0.05, 0) is 19.9 Å². The summed E-state index contributed by atoms with van der Waals surface area (Å²) in [5, 5.41) is 7.36. The van der Waals surface area contributed by atoms with E-state index in [2.05, 4.69) is 15.2 Å². The van der Waals surface area contributed by atoms with E-state index in [1.807, 2.05) is 0 Å². The van der Waals surface area contributed by atoms with Gasteiger partial charge in [-0.15, -0.1) is 4.80 Å². The van der Waals surface area contributed by atoms with E-state index in [1.165, 1.54) is 19.3 Å². The molecule has 5 nitrogen and oxygen atoms in total. The Morgan fingerprint density at radius 3 is 2.42 bits per heavy atom. The van der Waals surface area contributed by atoms with Gasteiger partial charge in [0.15, 0.2) is 5.82 Å². The minimum Gasteiger partial charge on any atom is -0.478 e. The van der Waals surface area contributed by atoms with Crippen LogP contribution in [-0.4, -0.2) is 26.6 Å². The number of rotatable bonds is 3. The number of ether oxygens (including phenoxy) is 1. The normalized spacial score (nSPS) is 11.6. The lowest BCUT2D eigenvalue weighted by atomic mass is 10.2. The van der Waals surface area contributed by atoms with Gasteiger partial charge in [0, 0.05) is 5.56 Å². The Morgan fingerprint density at radius 1 is 1.26 bits per heavy atom. The van der Waals surface area contributed by atoms with Gasteiger partial charge in [-0.25, -0.2) is 0 Å². The van der Waals surface area contributed by atoms with Gasteiger partial charge in [0.25, 0.3) is 0 Å². The third-order valence-corrected chi connectivity index (χ3v) is 2.34. The van der Waals surface area contributed by atoms with Gasteiger partial charge < -0.3 is 4.74 Å². The zero-order valence-electron chi connectivity index (χ0n) is 10.3. The molecule has 0 aliphatic rings. The van der Waals surface area contributed by atoms with Crippen LogP contribution in [0.25, 0.3) is 5.82 Å². The second kappa shape index (κ2) is 4.87. The maximum atomic E-state index is 13.0. The Balaban J connectivity index is 2.63. The lowest BCUT2D eigenvalue weighted by Crippen LogP contribution is -2.16. The lowest BCUT2D eigenvalue weighted by molar-refractivity contribution is -0.137. The van der Waals surface area contributed by atoms with Crippen molar-refractivity contribution >= 4 is 0 Å².